The van der Waals surface area contributed by atoms with E-state index in [4.69, 9.17) is 9.84 Å². The van der Waals surface area contributed by atoms with Crippen molar-refractivity contribution in [2.24, 2.45) is 0 Å². The Morgan fingerprint density at radius 1 is 1.25 bits per heavy atom. The minimum absolute atomic E-state index is 0.307. The summed E-state index contributed by atoms with van der Waals surface area (Å²) in [5.74, 6) is -2.12. The third kappa shape index (κ3) is 6.86. The smallest absolute Gasteiger partial charge is 0.481 e. The highest BCUT2D eigenvalue weighted by Gasteiger charge is 2.31. The molecule has 0 heterocycles. The Balaban J connectivity index is 2.88. The minimum Gasteiger partial charge on any atom is -0.481 e. The zero-order valence-electron chi connectivity index (χ0n) is 13.1. The number of nitrogens with one attached hydrogen (secondary N) is 1. The maximum atomic E-state index is 12.1. The number of carboxylic acids is 1. The molecule has 0 saturated carbocycles. The van der Waals surface area contributed by atoms with Crippen molar-refractivity contribution in [3.63, 3.8) is 0 Å². The van der Waals surface area contributed by atoms with Gasteiger partial charge in [-0.05, 0) is 31.5 Å². The van der Waals surface area contributed by atoms with Crippen LogP contribution in [0, 0.1) is 0 Å². The summed E-state index contributed by atoms with van der Waals surface area (Å²) < 4.78 is 45.3. The standard InChI is InChI=1S/C15H18F3NO5/c1-3-23-9(2)14(22)19-12(8-13(20)21)10-4-6-11(7-5-10)24-15(16,17)18/h4-7,9,12H,3,8H2,1-2H3,(H,19,22)(H,20,21). The molecular weight excluding hydrogens is 331 g/mol. The highest BCUT2D eigenvalue weighted by atomic mass is 19.4. The van der Waals surface area contributed by atoms with Gasteiger partial charge in [0.1, 0.15) is 11.9 Å². The molecule has 0 aliphatic rings. The fourth-order valence-corrected chi connectivity index (χ4v) is 1.94. The fourth-order valence-electron chi connectivity index (χ4n) is 1.94. The van der Waals surface area contributed by atoms with Crippen LogP contribution >= 0.6 is 0 Å². The number of aliphatic carboxylic acids is 1. The molecule has 0 aliphatic carbocycles. The van der Waals surface area contributed by atoms with Crippen molar-refractivity contribution in [1.29, 1.82) is 0 Å². The first-order chi connectivity index (χ1) is 11.1. The van der Waals surface area contributed by atoms with Crippen LogP contribution < -0.4 is 10.1 Å². The lowest BCUT2D eigenvalue weighted by Gasteiger charge is -2.20. The summed E-state index contributed by atoms with van der Waals surface area (Å²) >= 11 is 0. The van der Waals surface area contributed by atoms with Crippen LogP contribution in [0.1, 0.15) is 31.9 Å². The van der Waals surface area contributed by atoms with Gasteiger partial charge in [0.05, 0.1) is 12.5 Å². The first-order valence-electron chi connectivity index (χ1n) is 7.12. The van der Waals surface area contributed by atoms with E-state index < -0.39 is 42.6 Å². The Labute approximate surface area is 136 Å². The summed E-state index contributed by atoms with van der Waals surface area (Å²) in [4.78, 5) is 22.9. The van der Waals surface area contributed by atoms with E-state index in [2.05, 4.69) is 10.1 Å². The van der Waals surface area contributed by atoms with Crippen molar-refractivity contribution in [2.75, 3.05) is 6.61 Å². The molecule has 0 aromatic heterocycles. The van der Waals surface area contributed by atoms with E-state index in [1.807, 2.05) is 0 Å². The van der Waals surface area contributed by atoms with Gasteiger partial charge >= 0.3 is 12.3 Å². The number of amides is 1. The molecule has 2 atom stereocenters. The molecule has 1 aromatic carbocycles. The minimum atomic E-state index is -4.82. The second kappa shape index (κ2) is 8.53. The molecule has 0 spiro atoms. The summed E-state index contributed by atoms with van der Waals surface area (Å²) in [6, 6.07) is 3.73. The summed E-state index contributed by atoms with van der Waals surface area (Å²) in [5, 5.41) is 11.5. The van der Waals surface area contributed by atoms with E-state index in [0.717, 1.165) is 12.1 Å². The molecule has 1 aromatic rings. The van der Waals surface area contributed by atoms with E-state index in [-0.39, 0.29) is 0 Å². The Hall–Kier alpha value is -2.29. The van der Waals surface area contributed by atoms with Gasteiger partial charge in [-0.2, -0.15) is 0 Å². The maximum absolute atomic E-state index is 12.1. The average Bonchev–Trinajstić information content (AvgIpc) is 2.45. The van der Waals surface area contributed by atoms with E-state index in [1.54, 1.807) is 6.92 Å². The third-order valence-electron chi connectivity index (χ3n) is 3.00. The molecule has 9 heteroatoms. The van der Waals surface area contributed by atoms with Crippen LogP contribution in [-0.2, 0) is 14.3 Å². The van der Waals surface area contributed by atoms with Crippen LogP contribution in [-0.4, -0.2) is 36.1 Å². The number of benzene rings is 1. The van der Waals surface area contributed by atoms with E-state index in [9.17, 15) is 22.8 Å². The molecule has 0 bridgehead atoms. The first-order valence-corrected chi connectivity index (χ1v) is 7.12. The Kier molecular flexibility index (Phi) is 7.02. The summed E-state index contributed by atoms with van der Waals surface area (Å²) in [6.45, 7) is 3.52. The van der Waals surface area contributed by atoms with Gasteiger partial charge in [-0.3, -0.25) is 9.59 Å². The van der Waals surface area contributed by atoms with Crippen LogP contribution in [0.5, 0.6) is 5.75 Å². The lowest BCUT2D eigenvalue weighted by molar-refractivity contribution is -0.274. The molecule has 0 aliphatic heterocycles. The first kappa shape index (κ1) is 19.8. The molecule has 0 fully saturated rings. The predicted octanol–water partition coefficient (Wildman–Crippen LogP) is 2.64. The van der Waals surface area contributed by atoms with Crippen LogP contribution in [0.4, 0.5) is 13.2 Å². The summed E-state index contributed by atoms with van der Waals surface area (Å²) in [5.41, 5.74) is 0.337. The Morgan fingerprint density at radius 3 is 2.29 bits per heavy atom. The molecule has 6 nitrogen and oxygen atoms in total. The molecular formula is C15H18F3NO5. The van der Waals surface area contributed by atoms with Gasteiger partial charge in [-0.15, -0.1) is 13.2 Å². The van der Waals surface area contributed by atoms with Crippen LogP contribution in [0.15, 0.2) is 24.3 Å². The van der Waals surface area contributed by atoms with Crippen molar-refractivity contribution in [3.05, 3.63) is 29.8 Å². The van der Waals surface area contributed by atoms with Crippen molar-refractivity contribution >= 4 is 11.9 Å². The topological polar surface area (TPSA) is 84.9 Å². The largest absolute Gasteiger partial charge is 0.573 e. The van der Waals surface area contributed by atoms with E-state index in [1.165, 1.54) is 19.1 Å². The Bertz CT molecular complexity index is 559. The number of alkyl halides is 3. The quantitative estimate of drug-likeness (QED) is 0.754. The second-order valence-electron chi connectivity index (χ2n) is 4.87. The number of ether oxygens (including phenoxy) is 2. The third-order valence-corrected chi connectivity index (χ3v) is 3.00. The highest BCUT2D eigenvalue weighted by molar-refractivity contribution is 5.81. The summed E-state index contributed by atoms with van der Waals surface area (Å²) in [6.07, 6.45) is -6.02. The predicted molar refractivity (Wildman–Crippen MR) is 77.3 cm³/mol. The number of halogens is 3. The van der Waals surface area contributed by atoms with Crippen molar-refractivity contribution in [2.45, 2.75) is 38.8 Å². The van der Waals surface area contributed by atoms with Gasteiger partial charge in [0.2, 0.25) is 5.91 Å². The Morgan fingerprint density at radius 2 is 1.83 bits per heavy atom. The van der Waals surface area contributed by atoms with Gasteiger partial charge in [-0.25, -0.2) is 0 Å². The van der Waals surface area contributed by atoms with Gasteiger partial charge in [0.25, 0.3) is 0 Å². The molecule has 0 radical (unpaired) electrons. The lowest BCUT2D eigenvalue weighted by atomic mass is 10.0. The normalized spacial score (nSPS) is 13.9. The molecule has 1 rings (SSSR count). The molecule has 2 N–H and O–H groups in total. The van der Waals surface area contributed by atoms with Crippen LogP contribution in [0.3, 0.4) is 0 Å². The number of hydrogen-bond acceptors (Lipinski definition) is 4. The fraction of sp³-hybridized carbons (Fsp3) is 0.467. The van der Waals surface area contributed by atoms with Gasteiger partial charge in [-0.1, -0.05) is 12.1 Å². The molecule has 0 saturated heterocycles. The maximum Gasteiger partial charge on any atom is 0.573 e. The molecule has 24 heavy (non-hydrogen) atoms. The average molecular weight is 349 g/mol. The lowest BCUT2D eigenvalue weighted by Crippen LogP contribution is -2.38. The SMILES string of the molecule is CCOC(C)C(=O)NC(CC(=O)O)c1ccc(OC(F)(F)F)cc1. The zero-order valence-corrected chi connectivity index (χ0v) is 13.1. The number of carbonyl (C=O) groups excluding carboxylic acids is 1. The van der Waals surface area contributed by atoms with Crippen molar-refractivity contribution in [3.8, 4) is 5.75 Å². The monoisotopic (exact) mass is 349 g/mol. The number of rotatable bonds is 8. The van der Waals surface area contributed by atoms with Gasteiger partial charge < -0.3 is 19.9 Å². The number of carboxylic acid groups (broad SMARTS) is 1. The van der Waals surface area contributed by atoms with Crippen LogP contribution in [0.25, 0.3) is 0 Å². The molecule has 134 valence electrons. The highest BCUT2D eigenvalue weighted by Crippen LogP contribution is 2.25. The van der Waals surface area contributed by atoms with Crippen LogP contribution in [0.2, 0.25) is 0 Å². The van der Waals surface area contributed by atoms with Gasteiger partial charge in [0.15, 0.2) is 0 Å². The van der Waals surface area contributed by atoms with E-state index in [0.29, 0.717) is 12.2 Å². The van der Waals surface area contributed by atoms with Crippen molar-refractivity contribution in [1.82, 2.24) is 5.32 Å². The summed E-state index contributed by atoms with van der Waals surface area (Å²) in [7, 11) is 0. The number of hydrogen-bond donors (Lipinski definition) is 2. The molecule has 1 amide bonds. The van der Waals surface area contributed by atoms with Gasteiger partial charge in [0, 0.05) is 6.61 Å². The molecule has 2 unspecified atom stereocenters. The number of carbonyl (C=O) groups is 2. The van der Waals surface area contributed by atoms with E-state index >= 15 is 0 Å². The zero-order chi connectivity index (χ0) is 18.3. The second-order valence-corrected chi connectivity index (χ2v) is 4.87. The van der Waals surface area contributed by atoms with Crippen molar-refractivity contribution < 1.29 is 37.3 Å².